The van der Waals surface area contributed by atoms with Crippen LogP contribution in [0, 0.1) is 0 Å². The third-order valence-corrected chi connectivity index (χ3v) is 3.56. The number of nitrogens with zero attached hydrogens (tertiary/aromatic N) is 2. The van der Waals surface area contributed by atoms with Crippen LogP contribution in [0.2, 0.25) is 0 Å². The summed E-state index contributed by atoms with van der Waals surface area (Å²) < 4.78 is 0. The zero-order valence-corrected chi connectivity index (χ0v) is 12.4. The quantitative estimate of drug-likeness (QED) is 0.855. The van der Waals surface area contributed by atoms with E-state index in [4.69, 9.17) is 0 Å². The third kappa shape index (κ3) is 3.93. The monoisotopic (exact) mass is 276 g/mol. The number of hydrogen-bond acceptors (Lipinski definition) is 4. The zero-order valence-electron chi connectivity index (χ0n) is 12.4. The first kappa shape index (κ1) is 14.8. The van der Waals surface area contributed by atoms with E-state index in [2.05, 4.69) is 40.4 Å². The molecule has 110 valence electrons. The molecule has 1 aromatic heterocycles. The average Bonchev–Trinajstić information content (AvgIpc) is 2.69. The molecule has 1 saturated heterocycles. The molecule has 2 N–H and O–H groups in total. The van der Waals surface area contributed by atoms with E-state index in [1.165, 1.54) is 5.56 Å². The van der Waals surface area contributed by atoms with Crippen LogP contribution in [0.3, 0.4) is 0 Å². The van der Waals surface area contributed by atoms with Gasteiger partial charge in [0.05, 0.1) is 6.54 Å². The second kappa shape index (κ2) is 7.24. The van der Waals surface area contributed by atoms with Crippen molar-refractivity contribution < 1.29 is 4.79 Å². The van der Waals surface area contributed by atoms with Crippen molar-refractivity contribution in [3.8, 4) is 0 Å². The smallest absolute Gasteiger partial charge is 0.239 e. The van der Waals surface area contributed by atoms with Crippen LogP contribution >= 0.6 is 0 Å². The van der Waals surface area contributed by atoms with Gasteiger partial charge in [0.1, 0.15) is 5.82 Å². The molecular weight excluding hydrogens is 252 g/mol. The van der Waals surface area contributed by atoms with Crippen molar-refractivity contribution in [1.29, 1.82) is 0 Å². The van der Waals surface area contributed by atoms with Crippen LogP contribution in [-0.2, 0) is 4.79 Å². The number of hydrogen-bond donors (Lipinski definition) is 2. The van der Waals surface area contributed by atoms with Crippen LogP contribution in [0.25, 0.3) is 0 Å². The lowest BCUT2D eigenvalue weighted by Gasteiger charge is -2.22. The highest BCUT2D eigenvalue weighted by molar-refractivity contribution is 5.81. The van der Waals surface area contributed by atoms with E-state index in [-0.39, 0.29) is 5.91 Å². The molecule has 0 aliphatic carbocycles. The molecule has 1 amide bonds. The highest BCUT2D eigenvalue weighted by Gasteiger charge is 2.16. The van der Waals surface area contributed by atoms with Crippen molar-refractivity contribution in [3.05, 3.63) is 23.9 Å². The molecule has 1 atom stereocenters. The third-order valence-electron chi connectivity index (χ3n) is 3.56. The van der Waals surface area contributed by atoms with Crippen molar-refractivity contribution >= 4 is 11.7 Å². The number of amides is 1. The summed E-state index contributed by atoms with van der Waals surface area (Å²) in [4.78, 5) is 18.1. The summed E-state index contributed by atoms with van der Waals surface area (Å²) in [6, 6.07) is 4.43. The van der Waals surface area contributed by atoms with Gasteiger partial charge in [-0.1, -0.05) is 6.92 Å². The number of aromatic nitrogens is 1. The van der Waals surface area contributed by atoms with Crippen molar-refractivity contribution in [2.75, 3.05) is 31.1 Å². The van der Waals surface area contributed by atoms with Gasteiger partial charge in [0.15, 0.2) is 0 Å². The van der Waals surface area contributed by atoms with E-state index >= 15 is 0 Å². The van der Waals surface area contributed by atoms with E-state index in [9.17, 15) is 4.79 Å². The van der Waals surface area contributed by atoms with E-state index in [0.717, 1.165) is 38.3 Å². The Balaban J connectivity index is 2.09. The number of anilines is 1. The normalized spacial score (nSPS) is 17.5. The Morgan fingerprint density at radius 2 is 2.40 bits per heavy atom. The number of rotatable bonds is 5. The van der Waals surface area contributed by atoms with Gasteiger partial charge in [-0.05, 0) is 44.0 Å². The first-order chi connectivity index (χ1) is 9.70. The largest absolute Gasteiger partial charge is 0.354 e. The maximum Gasteiger partial charge on any atom is 0.239 e. The Hall–Kier alpha value is -1.62. The van der Waals surface area contributed by atoms with Gasteiger partial charge in [0.25, 0.3) is 0 Å². The molecule has 20 heavy (non-hydrogen) atoms. The van der Waals surface area contributed by atoms with Crippen molar-refractivity contribution in [3.63, 3.8) is 0 Å². The minimum Gasteiger partial charge on any atom is -0.354 e. The lowest BCUT2D eigenvalue weighted by Crippen LogP contribution is -2.33. The molecule has 1 fully saturated rings. The summed E-state index contributed by atoms with van der Waals surface area (Å²) in [7, 11) is 0. The number of pyridine rings is 1. The molecular formula is C15H24N4O. The van der Waals surface area contributed by atoms with E-state index in [1.54, 1.807) is 0 Å². The van der Waals surface area contributed by atoms with Gasteiger partial charge in [-0.2, -0.15) is 0 Å². The minimum absolute atomic E-state index is 0.0758. The van der Waals surface area contributed by atoms with Crippen molar-refractivity contribution in [1.82, 2.24) is 15.6 Å². The highest BCUT2D eigenvalue weighted by Crippen LogP contribution is 2.18. The topological polar surface area (TPSA) is 57.3 Å². The molecule has 0 spiro atoms. The second-order valence-corrected chi connectivity index (χ2v) is 5.25. The summed E-state index contributed by atoms with van der Waals surface area (Å²) >= 11 is 0. The van der Waals surface area contributed by atoms with E-state index in [1.807, 2.05) is 12.3 Å². The summed E-state index contributed by atoms with van der Waals surface area (Å²) in [5.41, 5.74) is 1.22. The van der Waals surface area contributed by atoms with Crippen molar-refractivity contribution in [2.24, 2.45) is 0 Å². The van der Waals surface area contributed by atoms with Gasteiger partial charge in [-0.25, -0.2) is 4.98 Å². The van der Waals surface area contributed by atoms with Crippen LogP contribution < -0.4 is 15.5 Å². The number of carbonyl (C=O) groups is 1. The fourth-order valence-electron chi connectivity index (χ4n) is 2.36. The highest BCUT2D eigenvalue weighted by atomic mass is 16.2. The lowest BCUT2D eigenvalue weighted by atomic mass is 10.1. The predicted molar refractivity (Wildman–Crippen MR) is 80.8 cm³/mol. The minimum atomic E-state index is 0.0758. The fourth-order valence-corrected chi connectivity index (χ4v) is 2.36. The summed E-state index contributed by atoms with van der Waals surface area (Å²) in [5.74, 6) is 0.969. The molecule has 0 saturated carbocycles. The molecule has 0 aromatic carbocycles. The maximum absolute atomic E-state index is 11.6. The Morgan fingerprint density at radius 3 is 3.20 bits per heavy atom. The predicted octanol–water partition coefficient (Wildman–Crippen LogP) is 1.47. The second-order valence-electron chi connectivity index (χ2n) is 5.25. The van der Waals surface area contributed by atoms with Crippen LogP contribution in [0.4, 0.5) is 5.82 Å². The van der Waals surface area contributed by atoms with Crippen LogP contribution in [0.1, 0.15) is 38.3 Å². The van der Waals surface area contributed by atoms with Crippen LogP contribution in [-0.4, -0.2) is 37.1 Å². The molecule has 0 bridgehead atoms. The Labute approximate surface area is 120 Å². The lowest BCUT2D eigenvalue weighted by molar-refractivity contribution is -0.119. The summed E-state index contributed by atoms with van der Waals surface area (Å²) in [6.07, 6.45) is 3.91. The zero-order chi connectivity index (χ0) is 14.4. The molecule has 0 radical (unpaired) electrons. The van der Waals surface area contributed by atoms with Gasteiger partial charge in [-0.15, -0.1) is 0 Å². The molecule has 2 rings (SSSR count). The molecule has 2 heterocycles. The molecule has 1 aliphatic heterocycles. The maximum atomic E-state index is 11.6. The van der Waals surface area contributed by atoms with Gasteiger partial charge in [0.2, 0.25) is 5.91 Å². The number of nitrogens with one attached hydrogen (secondary N) is 2. The summed E-state index contributed by atoms with van der Waals surface area (Å²) in [5, 5.41) is 6.36. The Bertz CT molecular complexity index is 449. The van der Waals surface area contributed by atoms with Gasteiger partial charge in [-0.3, -0.25) is 4.79 Å². The van der Waals surface area contributed by atoms with Crippen LogP contribution in [0.5, 0.6) is 0 Å². The molecule has 1 aliphatic rings. The SMILES string of the molecule is CCCNC(C)c1ccnc(N2CCCNC(=O)C2)c1. The first-order valence-corrected chi connectivity index (χ1v) is 7.41. The Morgan fingerprint density at radius 1 is 1.55 bits per heavy atom. The molecule has 1 aromatic rings. The van der Waals surface area contributed by atoms with Gasteiger partial charge < -0.3 is 15.5 Å². The Kier molecular flexibility index (Phi) is 5.35. The first-order valence-electron chi connectivity index (χ1n) is 7.41. The van der Waals surface area contributed by atoms with Crippen molar-refractivity contribution in [2.45, 2.75) is 32.7 Å². The fraction of sp³-hybridized carbons (Fsp3) is 0.600. The van der Waals surface area contributed by atoms with E-state index in [0.29, 0.717) is 12.6 Å². The van der Waals surface area contributed by atoms with Crippen LogP contribution in [0.15, 0.2) is 18.3 Å². The molecule has 5 heteroatoms. The van der Waals surface area contributed by atoms with Gasteiger partial charge >= 0.3 is 0 Å². The molecule has 5 nitrogen and oxygen atoms in total. The number of carbonyl (C=O) groups excluding carboxylic acids is 1. The average molecular weight is 276 g/mol. The molecule has 1 unspecified atom stereocenters. The van der Waals surface area contributed by atoms with Gasteiger partial charge in [0, 0.05) is 25.3 Å². The standard InChI is InChI=1S/C15H24N4O/c1-3-6-16-12(2)13-5-8-17-14(10-13)19-9-4-7-18-15(20)11-19/h5,8,10,12,16H,3-4,6-7,9,11H2,1-2H3,(H,18,20). The summed E-state index contributed by atoms with van der Waals surface area (Å²) in [6.45, 7) is 7.34. The van der Waals surface area contributed by atoms with E-state index < -0.39 is 0 Å².